The Bertz CT molecular complexity index is 492. The lowest BCUT2D eigenvalue weighted by Gasteiger charge is -2.26. The number of anilines is 1. The molecule has 1 aromatic rings. The molecule has 0 spiro atoms. The fourth-order valence-electron chi connectivity index (χ4n) is 1.85. The molecule has 1 heterocycles. The molecule has 1 fully saturated rings. The Kier molecular flexibility index (Phi) is 6.90. The fourth-order valence-corrected chi connectivity index (χ4v) is 2.64. The Morgan fingerprint density at radius 3 is 2.45 bits per heavy atom. The number of β-amino-alcohol motifs (C(OH)–C–C–N with tert-alkyl or cyclic N) is 1. The van der Waals surface area contributed by atoms with Crippen molar-refractivity contribution >= 4 is 47.3 Å². The van der Waals surface area contributed by atoms with E-state index >= 15 is 0 Å². The standard InChI is InChI=1S/C12H14BrF3N2O2S.H2S/c1-17(10-4-2-9(13)3-5-10)21-20-18-7-6-11(19,8-18)12(14,15)16;/h2-5,19H,6-8H2,1H3;1H2. The third-order valence-corrected chi connectivity index (χ3v) is 4.42. The van der Waals surface area contributed by atoms with Crippen LogP contribution in [0.5, 0.6) is 0 Å². The minimum atomic E-state index is -4.65. The molecule has 0 saturated carbocycles. The van der Waals surface area contributed by atoms with Crippen molar-refractivity contribution < 1.29 is 22.6 Å². The largest absolute Gasteiger partial charge is 0.418 e. The van der Waals surface area contributed by atoms with E-state index in [0.29, 0.717) is 0 Å². The summed E-state index contributed by atoms with van der Waals surface area (Å²) in [4.78, 5) is 0. The van der Waals surface area contributed by atoms with Crippen molar-refractivity contribution in [1.29, 1.82) is 0 Å². The van der Waals surface area contributed by atoms with Crippen molar-refractivity contribution in [2.75, 3.05) is 24.4 Å². The highest BCUT2D eigenvalue weighted by molar-refractivity contribution is 9.10. The monoisotopic (exact) mass is 420 g/mol. The molecule has 0 amide bonds. The van der Waals surface area contributed by atoms with Crippen LogP contribution in [0.4, 0.5) is 18.9 Å². The van der Waals surface area contributed by atoms with Gasteiger partial charge in [-0.05, 0) is 24.3 Å². The molecule has 0 radical (unpaired) electrons. The Morgan fingerprint density at radius 2 is 1.95 bits per heavy atom. The summed E-state index contributed by atoms with van der Waals surface area (Å²) in [6.07, 6.45) is -5.04. The number of hydrogen-bond acceptors (Lipinski definition) is 5. The van der Waals surface area contributed by atoms with Crippen LogP contribution in [0.2, 0.25) is 0 Å². The van der Waals surface area contributed by atoms with E-state index in [4.69, 9.17) is 4.28 Å². The Labute approximate surface area is 146 Å². The van der Waals surface area contributed by atoms with Gasteiger partial charge >= 0.3 is 6.18 Å². The molecule has 126 valence electrons. The highest BCUT2D eigenvalue weighted by Crippen LogP contribution is 2.38. The topological polar surface area (TPSA) is 35.9 Å². The van der Waals surface area contributed by atoms with Gasteiger partial charge in [0.2, 0.25) is 0 Å². The number of nitrogens with zero attached hydrogens (tertiary/aromatic N) is 2. The predicted molar refractivity (Wildman–Crippen MR) is 88.8 cm³/mol. The van der Waals surface area contributed by atoms with E-state index in [1.165, 1.54) is 0 Å². The fraction of sp³-hybridized carbons (Fsp3) is 0.500. The third-order valence-electron chi connectivity index (χ3n) is 3.18. The average molecular weight is 421 g/mol. The number of aliphatic hydroxyl groups is 1. The zero-order valence-corrected chi connectivity index (χ0v) is 15.0. The molecule has 0 aliphatic carbocycles. The molecule has 1 unspecified atom stereocenters. The van der Waals surface area contributed by atoms with Gasteiger partial charge in [-0.25, -0.2) is 4.28 Å². The normalized spacial score (nSPS) is 22.5. The van der Waals surface area contributed by atoms with Crippen LogP contribution < -0.4 is 4.31 Å². The average Bonchev–Trinajstić information content (AvgIpc) is 2.80. The lowest BCUT2D eigenvalue weighted by molar-refractivity contribution is -0.258. The maximum Gasteiger partial charge on any atom is 0.418 e. The summed E-state index contributed by atoms with van der Waals surface area (Å²) in [6.45, 7) is -0.561. The highest BCUT2D eigenvalue weighted by atomic mass is 79.9. The zero-order chi connectivity index (χ0) is 15.7. The molecule has 1 N–H and O–H groups in total. The molecular formula is C12H16BrF3N2O2S2. The van der Waals surface area contributed by atoms with Crippen LogP contribution in [0, 0.1) is 0 Å². The predicted octanol–water partition coefficient (Wildman–Crippen LogP) is 3.49. The van der Waals surface area contributed by atoms with Crippen molar-refractivity contribution in [3.8, 4) is 0 Å². The summed E-state index contributed by atoms with van der Waals surface area (Å²) in [7, 11) is 1.74. The molecule has 4 nitrogen and oxygen atoms in total. The van der Waals surface area contributed by atoms with Gasteiger partial charge in [-0.1, -0.05) is 15.9 Å². The van der Waals surface area contributed by atoms with Crippen LogP contribution in [0.15, 0.2) is 28.7 Å². The van der Waals surface area contributed by atoms with Crippen LogP contribution in [-0.4, -0.2) is 42.1 Å². The van der Waals surface area contributed by atoms with E-state index in [1.807, 2.05) is 24.3 Å². The minimum absolute atomic E-state index is 0. The first-order valence-electron chi connectivity index (χ1n) is 6.09. The second-order valence-corrected chi connectivity index (χ2v) is 6.53. The SMILES string of the molecule is CN(SON1CCC(O)(C(F)(F)F)C1)c1ccc(Br)cc1.S. The lowest BCUT2D eigenvalue weighted by atomic mass is 10.0. The summed E-state index contributed by atoms with van der Waals surface area (Å²) in [6, 6.07) is 7.39. The van der Waals surface area contributed by atoms with Crippen LogP contribution in [0.3, 0.4) is 0 Å². The van der Waals surface area contributed by atoms with Gasteiger partial charge in [0.25, 0.3) is 0 Å². The molecule has 22 heavy (non-hydrogen) atoms. The molecule has 1 aliphatic rings. The van der Waals surface area contributed by atoms with Crippen molar-refractivity contribution in [1.82, 2.24) is 5.06 Å². The first-order valence-corrected chi connectivity index (χ1v) is 7.58. The molecular weight excluding hydrogens is 405 g/mol. The van der Waals surface area contributed by atoms with Crippen molar-refractivity contribution in [3.05, 3.63) is 28.7 Å². The van der Waals surface area contributed by atoms with Crippen LogP contribution in [-0.2, 0) is 4.28 Å². The van der Waals surface area contributed by atoms with Gasteiger partial charge in [-0.3, -0.25) is 4.31 Å². The van der Waals surface area contributed by atoms with Gasteiger partial charge < -0.3 is 5.11 Å². The number of hydrogen-bond donors (Lipinski definition) is 1. The zero-order valence-electron chi connectivity index (χ0n) is 11.6. The van der Waals surface area contributed by atoms with E-state index in [9.17, 15) is 18.3 Å². The second kappa shape index (κ2) is 7.63. The van der Waals surface area contributed by atoms with Gasteiger partial charge in [-0.2, -0.15) is 31.7 Å². The van der Waals surface area contributed by atoms with Crippen LogP contribution >= 0.6 is 41.7 Å². The summed E-state index contributed by atoms with van der Waals surface area (Å²) >= 11 is 4.23. The number of rotatable bonds is 4. The lowest BCUT2D eigenvalue weighted by Crippen LogP contribution is -2.47. The van der Waals surface area contributed by atoms with E-state index in [1.54, 1.807) is 11.4 Å². The van der Waals surface area contributed by atoms with Gasteiger partial charge in [0.15, 0.2) is 5.60 Å². The molecule has 2 rings (SSSR count). The van der Waals surface area contributed by atoms with E-state index in [-0.39, 0.29) is 26.5 Å². The van der Waals surface area contributed by atoms with Gasteiger partial charge in [-0.15, -0.1) is 0 Å². The Morgan fingerprint density at radius 1 is 1.36 bits per heavy atom. The number of benzene rings is 1. The Balaban J connectivity index is 0.00000242. The maximum atomic E-state index is 12.7. The van der Waals surface area contributed by atoms with E-state index < -0.39 is 18.3 Å². The second-order valence-electron chi connectivity index (χ2n) is 4.77. The van der Waals surface area contributed by atoms with Gasteiger partial charge in [0.05, 0.1) is 6.54 Å². The molecule has 1 saturated heterocycles. The summed E-state index contributed by atoms with van der Waals surface area (Å²) in [5.74, 6) is 0. The molecule has 1 aromatic carbocycles. The van der Waals surface area contributed by atoms with Crippen molar-refractivity contribution in [3.63, 3.8) is 0 Å². The Hall–Kier alpha value is -0.130. The molecule has 1 atom stereocenters. The first kappa shape index (κ1) is 19.9. The van der Waals surface area contributed by atoms with Crippen molar-refractivity contribution in [2.24, 2.45) is 0 Å². The van der Waals surface area contributed by atoms with E-state index in [2.05, 4.69) is 15.9 Å². The smallest absolute Gasteiger partial charge is 0.379 e. The highest BCUT2D eigenvalue weighted by Gasteiger charge is 2.57. The number of alkyl halides is 3. The quantitative estimate of drug-likeness (QED) is 0.595. The van der Waals surface area contributed by atoms with Gasteiger partial charge in [0.1, 0.15) is 12.2 Å². The van der Waals surface area contributed by atoms with Gasteiger partial charge in [0, 0.05) is 30.2 Å². The summed E-state index contributed by atoms with van der Waals surface area (Å²) in [5.41, 5.74) is -1.85. The van der Waals surface area contributed by atoms with E-state index in [0.717, 1.165) is 27.5 Å². The molecule has 10 heteroatoms. The number of halogens is 4. The summed E-state index contributed by atoms with van der Waals surface area (Å²) < 4.78 is 45.9. The van der Waals surface area contributed by atoms with Crippen LogP contribution in [0.1, 0.15) is 6.42 Å². The summed E-state index contributed by atoms with van der Waals surface area (Å²) in [5, 5.41) is 10.7. The first-order chi connectivity index (χ1) is 9.71. The molecule has 0 bridgehead atoms. The molecule has 0 aromatic heterocycles. The minimum Gasteiger partial charge on any atom is -0.379 e. The maximum absolute atomic E-state index is 12.7. The number of hydroxylamine groups is 2. The van der Waals surface area contributed by atoms with Crippen molar-refractivity contribution in [2.45, 2.75) is 18.2 Å². The third kappa shape index (κ3) is 4.68. The molecule has 1 aliphatic heterocycles. The van der Waals surface area contributed by atoms with Crippen LogP contribution in [0.25, 0.3) is 0 Å².